The molecule has 0 saturated carbocycles. The molecule has 0 aliphatic rings. The van der Waals surface area contributed by atoms with Gasteiger partial charge in [-0.25, -0.2) is 9.59 Å². The molecule has 0 radical (unpaired) electrons. The highest BCUT2D eigenvalue weighted by atomic mass is 16.6. The summed E-state index contributed by atoms with van der Waals surface area (Å²) in [7, 11) is 0. The molecule has 2 atom stereocenters. The molecule has 0 heterocycles. The summed E-state index contributed by atoms with van der Waals surface area (Å²) < 4.78 is 21.8. The smallest absolute Gasteiger partial charge is 0.407 e. The van der Waals surface area contributed by atoms with Crippen molar-refractivity contribution in [1.82, 2.24) is 10.6 Å². The molecular formula is C31H44N2O7. The number of amides is 2. The van der Waals surface area contributed by atoms with Crippen molar-refractivity contribution in [2.75, 3.05) is 13.2 Å². The molecule has 2 amide bonds. The third-order valence-corrected chi connectivity index (χ3v) is 5.43. The number of nitrogens with one attached hydrogen (secondary N) is 2. The van der Waals surface area contributed by atoms with Crippen LogP contribution >= 0.6 is 0 Å². The van der Waals surface area contributed by atoms with Gasteiger partial charge in [-0.1, -0.05) is 49.4 Å². The fourth-order valence-corrected chi connectivity index (χ4v) is 3.70. The van der Waals surface area contributed by atoms with E-state index in [0.29, 0.717) is 25.1 Å². The van der Waals surface area contributed by atoms with Gasteiger partial charge in [-0.2, -0.15) is 0 Å². The number of ether oxygens (including phenoxy) is 4. The fraction of sp³-hybridized carbons (Fsp3) is 0.516. The number of hydrogen-bond acceptors (Lipinski definition) is 7. The van der Waals surface area contributed by atoms with Gasteiger partial charge in [0.25, 0.3) is 0 Å². The van der Waals surface area contributed by atoms with Crippen molar-refractivity contribution in [1.29, 1.82) is 0 Å². The molecule has 2 N–H and O–H groups in total. The molecule has 0 saturated heterocycles. The molecule has 2 rings (SSSR count). The molecule has 0 fully saturated rings. The summed E-state index contributed by atoms with van der Waals surface area (Å²) in [6.45, 7) is 13.4. The lowest BCUT2D eigenvalue weighted by atomic mass is 9.96. The Balaban J connectivity index is 1.87. The van der Waals surface area contributed by atoms with Gasteiger partial charge in [0.05, 0.1) is 12.5 Å². The van der Waals surface area contributed by atoms with Gasteiger partial charge in [-0.05, 0) is 77.6 Å². The maximum Gasteiger partial charge on any atom is 0.407 e. The Bertz CT molecular complexity index is 1070. The van der Waals surface area contributed by atoms with Gasteiger partial charge in [0.15, 0.2) is 0 Å². The molecule has 0 aromatic heterocycles. The zero-order chi connectivity index (χ0) is 29.8. The zero-order valence-corrected chi connectivity index (χ0v) is 24.7. The summed E-state index contributed by atoms with van der Waals surface area (Å²) in [6, 6.07) is 16.5. The molecule has 0 aliphatic heterocycles. The van der Waals surface area contributed by atoms with E-state index in [1.807, 2.05) is 75.4 Å². The van der Waals surface area contributed by atoms with Crippen LogP contribution in [0.2, 0.25) is 0 Å². The van der Waals surface area contributed by atoms with E-state index in [2.05, 4.69) is 10.6 Å². The second-order valence-electron chi connectivity index (χ2n) is 11.7. The summed E-state index contributed by atoms with van der Waals surface area (Å²) in [4.78, 5) is 36.9. The van der Waals surface area contributed by atoms with E-state index in [-0.39, 0.29) is 25.2 Å². The van der Waals surface area contributed by atoms with E-state index in [1.54, 1.807) is 27.7 Å². The van der Waals surface area contributed by atoms with Gasteiger partial charge in [0.2, 0.25) is 0 Å². The molecule has 0 aliphatic carbocycles. The Labute approximate surface area is 237 Å². The standard InChI is InChI=1S/C31H44N2O7/c1-22(27(34)39-30(2,3)4)19-25(33-29(36)40-31(5,6)7)20-23-13-15-26(16-14-23)37-18-17-32-28(35)38-21-24-11-9-8-10-12-24/h8-16,22,25H,17-21H2,1-7H3,(H,32,35)(H,33,36)/t22-,25+/m0/s1. The van der Waals surface area contributed by atoms with Crippen LogP contribution in [-0.4, -0.2) is 48.6 Å². The molecule has 9 heteroatoms. The molecule has 0 unspecified atom stereocenters. The largest absolute Gasteiger partial charge is 0.492 e. The zero-order valence-electron chi connectivity index (χ0n) is 24.7. The third kappa shape index (κ3) is 13.9. The highest BCUT2D eigenvalue weighted by molar-refractivity contribution is 5.73. The fourth-order valence-electron chi connectivity index (χ4n) is 3.70. The first kappa shape index (κ1) is 32.5. The summed E-state index contributed by atoms with van der Waals surface area (Å²) in [5, 5.41) is 5.57. The van der Waals surface area contributed by atoms with Crippen molar-refractivity contribution >= 4 is 18.2 Å². The van der Waals surface area contributed by atoms with Gasteiger partial charge >= 0.3 is 18.2 Å². The van der Waals surface area contributed by atoms with E-state index >= 15 is 0 Å². The van der Waals surface area contributed by atoms with E-state index in [0.717, 1.165) is 11.1 Å². The van der Waals surface area contributed by atoms with E-state index in [1.165, 1.54) is 0 Å². The molecular weight excluding hydrogens is 512 g/mol. The maximum absolute atomic E-state index is 12.6. The highest BCUT2D eigenvalue weighted by Crippen LogP contribution is 2.19. The average molecular weight is 557 g/mol. The molecule has 9 nitrogen and oxygen atoms in total. The number of esters is 1. The third-order valence-electron chi connectivity index (χ3n) is 5.43. The highest BCUT2D eigenvalue weighted by Gasteiger charge is 2.27. The summed E-state index contributed by atoms with van der Waals surface area (Å²) >= 11 is 0. The number of benzene rings is 2. The second kappa shape index (κ2) is 15.1. The normalized spacial score (nSPS) is 13.0. The van der Waals surface area contributed by atoms with E-state index < -0.39 is 29.3 Å². The predicted molar refractivity (Wildman–Crippen MR) is 153 cm³/mol. The van der Waals surface area contributed by atoms with Crippen LogP contribution in [-0.2, 0) is 32.0 Å². The van der Waals surface area contributed by atoms with Crippen LogP contribution in [0.1, 0.15) is 66.0 Å². The average Bonchev–Trinajstić information content (AvgIpc) is 2.84. The summed E-state index contributed by atoms with van der Waals surface area (Å²) in [5.74, 6) is -0.0968. The van der Waals surface area contributed by atoms with E-state index in [9.17, 15) is 14.4 Å². The van der Waals surface area contributed by atoms with Gasteiger partial charge < -0.3 is 29.6 Å². The minimum atomic E-state index is -0.641. The van der Waals surface area contributed by atoms with Crippen LogP contribution in [0, 0.1) is 5.92 Å². The van der Waals surface area contributed by atoms with E-state index in [4.69, 9.17) is 18.9 Å². The van der Waals surface area contributed by atoms with Crippen LogP contribution < -0.4 is 15.4 Å². The maximum atomic E-state index is 12.6. The lowest BCUT2D eigenvalue weighted by Crippen LogP contribution is -2.42. The number of rotatable bonds is 12. The summed E-state index contributed by atoms with van der Waals surface area (Å²) in [5.41, 5.74) is 0.634. The van der Waals surface area contributed by atoms with Crippen molar-refractivity contribution in [2.24, 2.45) is 5.92 Å². The van der Waals surface area contributed by atoms with Crippen molar-refractivity contribution in [3.8, 4) is 5.75 Å². The first-order chi connectivity index (χ1) is 18.7. The minimum absolute atomic E-state index is 0.204. The Morgan fingerprint density at radius 2 is 1.43 bits per heavy atom. The molecule has 2 aromatic carbocycles. The Morgan fingerprint density at radius 3 is 2.02 bits per heavy atom. The Kier molecular flexibility index (Phi) is 12.3. The first-order valence-electron chi connectivity index (χ1n) is 13.6. The van der Waals surface area contributed by atoms with Crippen LogP contribution in [0.25, 0.3) is 0 Å². The number of carbonyl (C=O) groups excluding carboxylic acids is 3. The van der Waals surface area contributed by atoms with Crippen molar-refractivity contribution in [3.63, 3.8) is 0 Å². The van der Waals surface area contributed by atoms with Crippen LogP contribution in [0.15, 0.2) is 54.6 Å². The summed E-state index contributed by atoms with van der Waals surface area (Å²) in [6.07, 6.45) is -0.171. The topological polar surface area (TPSA) is 112 Å². The van der Waals surface area contributed by atoms with Crippen molar-refractivity contribution in [2.45, 2.75) is 85.2 Å². The molecule has 2 aromatic rings. The predicted octanol–water partition coefficient (Wildman–Crippen LogP) is 5.80. The molecule has 0 spiro atoms. The van der Waals surface area contributed by atoms with Crippen molar-refractivity contribution < 1.29 is 33.3 Å². The number of alkyl carbamates (subject to hydrolysis) is 2. The second-order valence-corrected chi connectivity index (χ2v) is 11.7. The monoisotopic (exact) mass is 556 g/mol. The van der Waals surface area contributed by atoms with Crippen LogP contribution in [0.3, 0.4) is 0 Å². The molecule has 40 heavy (non-hydrogen) atoms. The lowest BCUT2D eigenvalue weighted by Gasteiger charge is -2.27. The number of carbonyl (C=O) groups is 3. The van der Waals surface area contributed by atoms with Gasteiger partial charge in [-0.15, -0.1) is 0 Å². The van der Waals surface area contributed by atoms with Crippen LogP contribution in [0.5, 0.6) is 5.75 Å². The Hall–Kier alpha value is -3.75. The van der Waals surface area contributed by atoms with Crippen LogP contribution in [0.4, 0.5) is 9.59 Å². The number of hydrogen-bond donors (Lipinski definition) is 2. The molecule has 220 valence electrons. The SMILES string of the molecule is C[C@@H](C[C@H](Cc1ccc(OCCNC(=O)OCc2ccccc2)cc1)NC(=O)OC(C)(C)C)C(=O)OC(C)(C)C. The van der Waals surface area contributed by atoms with Gasteiger partial charge in [-0.3, -0.25) is 4.79 Å². The van der Waals surface area contributed by atoms with Gasteiger partial charge in [0, 0.05) is 6.04 Å². The quantitative estimate of drug-likeness (QED) is 0.193. The minimum Gasteiger partial charge on any atom is -0.492 e. The molecule has 0 bridgehead atoms. The van der Waals surface area contributed by atoms with Gasteiger partial charge in [0.1, 0.15) is 30.2 Å². The van der Waals surface area contributed by atoms with Crippen molar-refractivity contribution in [3.05, 3.63) is 65.7 Å². The lowest BCUT2D eigenvalue weighted by molar-refractivity contribution is -0.159. The first-order valence-corrected chi connectivity index (χ1v) is 13.6. The Morgan fingerprint density at radius 1 is 0.800 bits per heavy atom.